The van der Waals surface area contributed by atoms with Crippen LogP contribution >= 0.6 is 23.9 Å². The van der Waals surface area contributed by atoms with Crippen molar-refractivity contribution in [2.75, 3.05) is 33.8 Å². The van der Waals surface area contributed by atoms with Crippen molar-refractivity contribution in [3.05, 3.63) is 35.7 Å². The van der Waals surface area contributed by atoms with Gasteiger partial charge >= 0.3 is 0 Å². The zero-order valence-electron chi connectivity index (χ0n) is 20.0. The molecule has 34 heavy (non-hydrogen) atoms. The Balaban J connectivity index is 0.00000408. The van der Waals surface area contributed by atoms with Crippen molar-refractivity contribution in [3.63, 3.8) is 0 Å². The van der Waals surface area contributed by atoms with Gasteiger partial charge in [0.05, 0.1) is 45.9 Å². The van der Waals surface area contributed by atoms with E-state index in [1.165, 1.54) is 11.5 Å². The average molecular weight is 508 g/mol. The molecule has 1 atom stereocenters. The molecule has 2 aromatic carbocycles. The Hall–Kier alpha value is -3.01. The molecule has 0 fully saturated rings. The molecule has 0 aliphatic heterocycles. The highest BCUT2D eigenvalue weighted by Gasteiger charge is 2.21. The predicted octanol–water partition coefficient (Wildman–Crippen LogP) is 4.86. The molecule has 1 amide bonds. The van der Waals surface area contributed by atoms with E-state index < -0.39 is 6.04 Å². The molecule has 0 aliphatic rings. The quantitative estimate of drug-likeness (QED) is 0.426. The number of carbonyl (C=O) groups excluding carboxylic acids is 1. The third kappa shape index (κ3) is 5.55. The van der Waals surface area contributed by atoms with E-state index in [0.29, 0.717) is 28.7 Å². The third-order valence-electron chi connectivity index (χ3n) is 5.30. The number of carbonyl (C=O) groups is 1. The van der Waals surface area contributed by atoms with Crippen LogP contribution < -0.4 is 30.0 Å². The van der Waals surface area contributed by atoms with Crippen LogP contribution in [0, 0.1) is 5.92 Å². The number of benzene rings is 2. The van der Waals surface area contributed by atoms with Crippen LogP contribution in [-0.2, 0) is 4.79 Å². The molecule has 8 nitrogen and oxygen atoms in total. The largest absolute Gasteiger partial charge is 0.495 e. The maximum absolute atomic E-state index is 12.6. The Bertz CT molecular complexity index is 1110. The van der Waals surface area contributed by atoms with E-state index in [2.05, 4.69) is 9.69 Å². The van der Waals surface area contributed by atoms with E-state index in [-0.39, 0.29) is 24.2 Å². The molecule has 3 N–H and O–H groups in total. The highest BCUT2D eigenvalue weighted by molar-refractivity contribution is 7.04. The van der Waals surface area contributed by atoms with Gasteiger partial charge in [-0.05, 0) is 47.3 Å². The smallest absolute Gasteiger partial charge is 0.241 e. The lowest BCUT2D eigenvalue weighted by molar-refractivity contribution is -0.118. The molecule has 1 unspecified atom stereocenters. The molecule has 184 valence electrons. The SMILES string of the molecule is COc1ccc(-c2csnc2-c2cc(OC)c(OC)c(OC)c2)cc1NC(=O)C(N)C(C)C.Cl. The first kappa shape index (κ1) is 27.2. The molecule has 10 heteroatoms. The van der Waals surface area contributed by atoms with Crippen molar-refractivity contribution in [2.24, 2.45) is 11.7 Å². The number of hydrogen-bond donors (Lipinski definition) is 2. The van der Waals surface area contributed by atoms with Crippen molar-refractivity contribution in [2.45, 2.75) is 19.9 Å². The van der Waals surface area contributed by atoms with Gasteiger partial charge in [0.25, 0.3) is 0 Å². The predicted molar refractivity (Wildman–Crippen MR) is 138 cm³/mol. The summed E-state index contributed by atoms with van der Waals surface area (Å²) < 4.78 is 26.5. The number of nitrogens with two attached hydrogens (primary N) is 1. The Kier molecular flexibility index (Phi) is 9.55. The van der Waals surface area contributed by atoms with Crippen LogP contribution in [0.1, 0.15) is 13.8 Å². The molecule has 0 aliphatic carbocycles. The number of methoxy groups -OCH3 is 4. The lowest BCUT2D eigenvalue weighted by Gasteiger charge is -2.18. The zero-order valence-corrected chi connectivity index (χ0v) is 21.6. The van der Waals surface area contributed by atoms with Crippen molar-refractivity contribution in [1.29, 1.82) is 0 Å². The van der Waals surface area contributed by atoms with Crippen molar-refractivity contribution < 1.29 is 23.7 Å². The second kappa shape index (κ2) is 11.9. The van der Waals surface area contributed by atoms with Gasteiger partial charge in [-0.2, -0.15) is 4.37 Å². The minimum absolute atomic E-state index is 0. The fourth-order valence-corrected chi connectivity index (χ4v) is 4.07. The van der Waals surface area contributed by atoms with Crippen molar-refractivity contribution in [3.8, 4) is 45.4 Å². The van der Waals surface area contributed by atoms with Crippen LogP contribution in [0.4, 0.5) is 5.69 Å². The van der Waals surface area contributed by atoms with E-state index in [4.69, 9.17) is 24.7 Å². The zero-order chi connectivity index (χ0) is 24.1. The van der Waals surface area contributed by atoms with Gasteiger partial charge in [0.15, 0.2) is 11.5 Å². The second-order valence-corrected chi connectivity index (χ2v) is 8.29. The van der Waals surface area contributed by atoms with Gasteiger partial charge in [0.1, 0.15) is 5.75 Å². The Morgan fingerprint density at radius 2 is 1.56 bits per heavy atom. The van der Waals surface area contributed by atoms with Gasteiger partial charge in [0.2, 0.25) is 11.7 Å². The molecular formula is C24H30ClN3O5S. The molecule has 0 saturated carbocycles. The van der Waals surface area contributed by atoms with Crippen LogP contribution in [0.3, 0.4) is 0 Å². The maximum Gasteiger partial charge on any atom is 0.241 e. The molecule has 0 radical (unpaired) electrons. The highest BCUT2D eigenvalue weighted by Crippen LogP contribution is 2.44. The summed E-state index contributed by atoms with van der Waals surface area (Å²) in [6, 6.07) is 8.66. The summed E-state index contributed by atoms with van der Waals surface area (Å²) in [5.41, 5.74) is 9.87. The first-order valence-electron chi connectivity index (χ1n) is 10.3. The van der Waals surface area contributed by atoms with Crippen LogP contribution in [0.5, 0.6) is 23.0 Å². The minimum Gasteiger partial charge on any atom is -0.495 e. The standard InChI is InChI=1S/C24H29N3O5S.ClH/c1-13(2)21(25)24(28)26-17-9-14(7-8-18(17)29-3)16-12-33-27-22(16)15-10-19(30-4)23(32-6)20(11-15)31-5;/h7-13,21H,25H2,1-6H3,(H,26,28);1H. The molecule has 0 bridgehead atoms. The highest BCUT2D eigenvalue weighted by atomic mass is 35.5. The molecule has 0 saturated heterocycles. The summed E-state index contributed by atoms with van der Waals surface area (Å²) in [6.07, 6.45) is 0. The fourth-order valence-electron chi connectivity index (χ4n) is 3.36. The van der Waals surface area contributed by atoms with Crippen molar-refractivity contribution in [1.82, 2.24) is 4.37 Å². The van der Waals surface area contributed by atoms with Gasteiger partial charge in [-0.1, -0.05) is 19.9 Å². The van der Waals surface area contributed by atoms with Gasteiger partial charge in [-0.15, -0.1) is 12.4 Å². The number of aromatic nitrogens is 1. The number of ether oxygens (including phenoxy) is 4. The third-order valence-corrected chi connectivity index (χ3v) is 5.93. The van der Waals surface area contributed by atoms with Crippen LogP contribution in [0.2, 0.25) is 0 Å². The van der Waals surface area contributed by atoms with Crippen LogP contribution in [-0.4, -0.2) is 44.8 Å². The number of nitrogens with one attached hydrogen (secondary N) is 1. The summed E-state index contributed by atoms with van der Waals surface area (Å²) in [6.45, 7) is 3.80. The number of amides is 1. The van der Waals surface area contributed by atoms with Crippen LogP contribution in [0.25, 0.3) is 22.4 Å². The van der Waals surface area contributed by atoms with E-state index >= 15 is 0 Å². The van der Waals surface area contributed by atoms with Crippen LogP contribution in [0.15, 0.2) is 35.7 Å². The molecule has 3 rings (SSSR count). The normalized spacial score (nSPS) is 11.4. The van der Waals surface area contributed by atoms with Gasteiger partial charge < -0.3 is 30.0 Å². The number of halogens is 1. The number of rotatable bonds is 9. The summed E-state index contributed by atoms with van der Waals surface area (Å²) in [5.74, 6) is 1.87. The Labute approximate surface area is 209 Å². The summed E-state index contributed by atoms with van der Waals surface area (Å²) in [5, 5.41) is 4.84. The Morgan fingerprint density at radius 3 is 2.09 bits per heavy atom. The summed E-state index contributed by atoms with van der Waals surface area (Å²) >= 11 is 1.33. The number of anilines is 1. The minimum atomic E-state index is -0.629. The first-order chi connectivity index (χ1) is 15.8. The lowest BCUT2D eigenvalue weighted by atomic mass is 10.00. The Morgan fingerprint density at radius 1 is 0.941 bits per heavy atom. The number of hydrogen-bond acceptors (Lipinski definition) is 8. The van der Waals surface area contributed by atoms with Gasteiger partial charge in [-0.3, -0.25) is 4.79 Å². The second-order valence-electron chi connectivity index (χ2n) is 7.66. The molecule has 1 heterocycles. The maximum atomic E-state index is 12.6. The molecule has 0 spiro atoms. The number of nitrogens with zero attached hydrogens (tertiary/aromatic N) is 1. The monoisotopic (exact) mass is 507 g/mol. The molecule has 3 aromatic rings. The van der Waals surface area contributed by atoms with E-state index in [9.17, 15) is 4.79 Å². The average Bonchev–Trinajstić information content (AvgIpc) is 3.32. The lowest BCUT2D eigenvalue weighted by Crippen LogP contribution is -2.39. The fraction of sp³-hybridized carbons (Fsp3) is 0.333. The molecule has 1 aromatic heterocycles. The summed E-state index contributed by atoms with van der Waals surface area (Å²) in [7, 11) is 6.26. The first-order valence-corrected chi connectivity index (χ1v) is 11.2. The van der Waals surface area contributed by atoms with E-state index in [0.717, 1.165) is 22.4 Å². The van der Waals surface area contributed by atoms with Gasteiger partial charge in [-0.25, -0.2) is 0 Å². The van der Waals surface area contributed by atoms with Gasteiger partial charge in [0, 0.05) is 16.5 Å². The van der Waals surface area contributed by atoms with E-state index in [1.54, 1.807) is 28.4 Å². The summed E-state index contributed by atoms with van der Waals surface area (Å²) in [4.78, 5) is 12.6. The van der Waals surface area contributed by atoms with E-state index in [1.807, 2.05) is 49.6 Å². The van der Waals surface area contributed by atoms with Crippen molar-refractivity contribution >= 4 is 35.5 Å². The molecular weight excluding hydrogens is 478 g/mol. The topological polar surface area (TPSA) is 105 Å².